The fourth-order valence-corrected chi connectivity index (χ4v) is 3.69. The summed E-state index contributed by atoms with van der Waals surface area (Å²) in [5.41, 5.74) is 3.00. The van der Waals surface area contributed by atoms with Gasteiger partial charge in [0.1, 0.15) is 0 Å². The molecule has 1 aliphatic heterocycles. The van der Waals surface area contributed by atoms with Gasteiger partial charge in [0.15, 0.2) is 0 Å². The second-order valence-electron chi connectivity index (χ2n) is 7.25. The molecule has 2 aromatic carbocycles. The van der Waals surface area contributed by atoms with Gasteiger partial charge in [-0.1, -0.05) is 35.4 Å². The first-order valence-corrected chi connectivity index (χ1v) is 10.1. The Hall–Kier alpha value is -2.83. The van der Waals surface area contributed by atoms with E-state index >= 15 is 0 Å². The number of nitrogens with zero attached hydrogens (tertiary/aromatic N) is 4. The van der Waals surface area contributed by atoms with Crippen LogP contribution in [0, 0.1) is 6.92 Å². The van der Waals surface area contributed by atoms with Crippen LogP contribution in [0.5, 0.6) is 0 Å². The van der Waals surface area contributed by atoms with Crippen LogP contribution in [0.2, 0.25) is 5.02 Å². The molecule has 6 nitrogen and oxygen atoms in total. The summed E-state index contributed by atoms with van der Waals surface area (Å²) in [5, 5.41) is 3.67. The van der Waals surface area contributed by atoms with Crippen molar-refractivity contribution in [3.63, 3.8) is 0 Å². The molecule has 0 atom stereocenters. The third-order valence-corrected chi connectivity index (χ3v) is 5.30. The van der Waals surface area contributed by atoms with Gasteiger partial charge in [0.2, 0.25) is 11.9 Å². The molecule has 0 spiro atoms. The van der Waals surface area contributed by atoms with E-state index in [1.54, 1.807) is 6.20 Å². The number of imidazole rings is 1. The molecule has 2 heterocycles. The van der Waals surface area contributed by atoms with Crippen LogP contribution in [0.15, 0.2) is 60.9 Å². The van der Waals surface area contributed by atoms with Crippen LogP contribution in [0.4, 0.5) is 11.6 Å². The van der Waals surface area contributed by atoms with Gasteiger partial charge >= 0.3 is 0 Å². The van der Waals surface area contributed by atoms with Crippen molar-refractivity contribution >= 4 is 29.1 Å². The first kappa shape index (κ1) is 19.5. The summed E-state index contributed by atoms with van der Waals surface area (Å²) >= 11 is 6.14. The summed E-state index contributed by atoms with van der Waals surface area (Å²) in [5.74, 6) is 0.916. The van der Waals surface area contributed by atoms with Gasteiger partial charge in [-0.05, 0) is 37.3 Å². The maximum atomic E-state index is 12.4. The maximum Gasteiger partial charge on any atom is 0.238 e. The van der Waals surface area contributed by atoms with Gasteiger partial charge in [-0.25, -0.2) is 4.98 Å². The number of piperazine rings is 1. The predicted octanol–water partition coefficient (Wildman–Crippen LogP) is 3.59. The Kier molecular flexibility index (Phi) is 5.83. The molecule has 1 N–H and O–H groups in total. The predicted molar refractivity (Wildman–Crippen MR) is 117 cm³/mol. The number of benzene rings is 2. The molecule has 1 amide bonds. The van der Waals surface area contributed by atoms with Gasteiger partial charge in [-0.2, -0.15) is 0 Å². The minimum absolute atomic E-state index is 0.0164. The summed E-state index contributed by atoms with van der Waals surface area (Å²) in [7, 11) is 0. The zero-order chi connectivity index (χ0) is 20.2. The standard InChI is InChI=1S/C22H24ClN5O/c1-17-5-7-19(8-6-17)25-21(29)16-26-11-13-27(14-12-26)22-24-9-10-28(22)20-4-2-3-18(23)15-20/h2-10,15H,11-14,16H2,1H3,(H,25,29). The van der Waals surface area contributed by atoms with Gasteiger partial charge in [0.25, 0.3) is 0 Å². The molecule has 1 saturated heterocycles. The second kappa shape index (κ2) is 8.68. The molecule has 0 unspecified atom stereocenters. The quantitative estimate of drug-likeness (QED) is 0.699. The van der Waals surface area contributed by atoms with Crippen molar-refractivity contribution in [2.45, 2.75) is 6.92 Å². The first-order chi connectivity index (χ1) is 14.1. The zero-order valence-electron chi connectivity index (χ0n) is 16.4. The molecule has 0 saturated carbocycles. The van der Waals surface area contributed by atoms with Gasteiger partial charge in [-0.3, -0.25) is 14.3 Å². The average Bonchev–Trinajstić information content (AvgIpc) is 3.20. The lowest BCUT2D eigenvalue weighted by Gasteiger charge is -2.35. The number of aryl methyl sites for hydroxylation is 1. The highest BCUT2D eigenvalue weighted by Gasteiger charge is 2.22. The molecule has 150 valence electrons. The number of anilines is 2. The molecule has 3 aromatic rings. The second-order valence-corrected chi connectivity index (χ2v) is 7.69. The van der Waals surface area contributed by atoms with Crippen molar-refractivity contribution in [1.82, 2.24) is 14.5 Å². The Labute approximate surface area is 175 Å². The van der Waals surface area contributed by atoms with E-state index < -0.39 is 0 Å². The number of carbonyl (C=O) groups excluding carboxylic acids is 1. The lowest BCUT2D eigenvalue weighted by Crippen LogP contribution is -2.49. The van der Waals surface area contributed by atoms with Gasteiger partial charge in [0, 0.05) is 55.0 Å². The van der Waals surface area contributed by atoms with E-state index in [1.165, 1.54) is 5.56 Å². The van der Waals surface area contributed by atoms with E-state index in [9.17, 15) is 4.79 Å². The lowest BCUT2D eigenvalue weighted by molar-refractivity contribution is -0.117. The minimum Gasteiger partial charge on any atom is -0.339 e. The maximum absolute atomic E-state index is 12.4. The topological polar surface area (TPSA) is 53.4 Å². The Bertz CT molecular complexity index is 977. The van der Waals surface area contributed by atoms with E-state index in [2.05, 4.69) is 20.1 Å². The van der Waals surface area contributed by atoms with Crippen LogP contribution in [-0.4, -0.2) is 53.1 Å². The number of hydrogen-bond acceptors (Lipinski definition) is 4. The monoisotopic (exact) mass is 409 g/mol. The molecule has 1 aliphatic rings. The Morgan fingerprint density at radius 2 is 1.86 bits per heavy atom. The van der Waals surface area contributed by atoms with E-state index in [0.29, 0.717) is 11.6 Å². The molecule has 29 heavy (non-hydrogen) atoms. The summed E-state index contributed by atoms with van der Waals surface area (Å²) in [6.45, 7) is 5.67. The highest BCUT2D eigenvalue weighted by Crippen LogP contribution is 2.22. The van der Waals surface area contributed by atoms with E-state index in [4.69, 9.17) is 11.6 Å². The van der Waals surface area contributed by atoms with Crippen molar-refractivity contribution in [3.8, 4) is 5.69 Å². The van der Waals surface area contributed by atoms with Crippen molar-refractivity contribution in [2.75, 3.05) is 42.9 Å². The Morgan fingerprint density at radius 3 is 2.59 bits per heavy atom. The van der Waals surface area contributed by atoms with E-state index in [0.717, 1.165) is 43.5 Å². The van der Waals surface area contributed by atoms with Crippen molar-refractivity contribution < 1.29 is 4.79 Å². The molecular formula is C22H24ClN5O. The van der Waals surface area contributed by atoms with Crippen molar-refractivity contribution in [3.05, 3.63) is 71.5 Å². The summed E-state index contributed by atoms with van der Waals surface area (Å²) < 4.78 is 2.05. The van der Waals surface area contributed by atoms with E-state index in [1.807, 2.05) is 66.2 Å². The van der Waals surface area contributed by atoms with Crippen LogP contribution in [0.25, 0.3) is 5.69 Å². The van der Waals surface area contributed by atoms with Crippen molar-refractivity contribution in [1.29, 1.82) is 0 Å². The van der Waals surface area contributed by atoms with Crippen LogP contribution < -0.4 is 10.2 Å². The molecule has 4 rings (SSSR count). The summed E-state index contributed by atoms with van der Waals surface area (Å²) in [4.78, 5) is 21.3. The summed E-state index contributed by atoms with van der Waals surface area (Å²) in [6.07, 6.45) is 3.75. The Morgan fingerprint density at radius 1 is 1.10 bits per heavy atom. The molecule has 0 aliphatic carbocycles. The molecule has 1 aromatic heterocycles. The van der Waals surface area contributed by atoms with Crippen LogP contribution >= 0.6 is 11.6 Å². The van der Waals surface area contributed by atoms with Crippen LogP contribution in [0.3, 0.4) is 0 Å². The van der Waals surface area contributed by atoms with Gasteiger partial charge in [-0.15, -0.1) is 0 Å². The molecule has 0 bridgehead atoms. The third kappa shape index (κ3) is 4.78. The number of hydrogen-bond donors (Lipinski definition) is 1. The Balaban J connectivity index is 1.34. The highest BCUT2D eigenvalue weighted by molar-refractivity contribution is 6.30. The molecule has 7 heteroatoms. The number of amides is 1. The molecule has 1 fully saturated rings. The van der Waals surface area contributed by atoms with Crippen LogP contribution in [0.1, 0.15) is 5.56 Å². The number of nitrogens with one attached hydrogen (secondary N) is 1. The number of halogens is 1. The number of aromatic nitrogens is 2. The highest BCUT2D eigenvalue weighted by atomic mass is 35.5. The number of carbonyl (C=O) groups is 1. The third-order valence-electron chi connectivity index (χ3n) is 5.07. The normalized spacial score (nSPS) is 14.8. The largest absolute Gasteiger partial charge is 0.339 e. The van der Waals surface area contributed by atoms with Crippen molar-refractivity contribution in [2.24, 2.45) is 0 Å². The first-order valence-electron chi connectivity index (χ1n) is 9.71. The SMILES string of the molecule is Cc1ccc(NC(=O)CN2CCN(c3nccn3-c3cccc(Cl)c3)CC2)cc1. The molecule has 0 radical (unpaired) electrons. The molecular weight excluding hydrogens is 386 g/mol. The smallest absolute Gasteiger partial charge is 0.238 e. The fraction of sp³-hybridized carbons (Fsp3) is 0.273. The van der Waals surface area contributed by atoms with Gasteiger partial charge < -0.3 is 10.2 Å². The van der Waals surface area contributed by atoms with Gasteiger partial charge in [0.05, 0.1) is 6.54 Å². The average molecular weight is 410 g/mol. The van der Waals surface area contributed by atoms with Crippen LogP contribution in [-0.2, 0) is 4.79 Å². The van der Waals surface area contributed by atoms with E-state index in [-0.39, 0.29) is 5.91 Å². The summed E-state index contributed by atoms with van der Waals surface area (Å²) in [6, 6.07) is 15.6. The fourth-order valence-electron chi connectivity index (χ4n) is 3.50. The zero-order valence-corrected chi connectivity index (χ0v) is 17.1. The minimum atomic E-state index is 0.0164. The lowest BCUT2D eigenvalue weighted by atomic mass is 10.2. The number of rotatable bonds is 5.